The summed E-state index contributed by atoms with van der Waals surface area (Å²) >= 11 is 0. The number of fused-ring (bicyclic) bond motifs is 2. The summed E-state index contributed by atoms with van der Waals surface area (Å²) in [5.74, 6) is -1.58. The Bertz CT molecular complexity index is 1680. The van der Waals surface area contributed by atoms with Crippen molar-refractivity contribution in [3.63, 3.8) is 0 Å². The van der Waals surface area contributed by atoms with Gasteiger partial charge in [-0.25, -0.2) is 29.1 Å². The number of rotatable bonds is 4. The summed E-state index contributed by atoms with van der Waals surface area (Å²) in [5.41, 5.74) is -1.75. The molecule has 0 saturated carbocycles. The molecule has 0 radical (unpaired) electrons. The lowest BCUT2D eigenvalue weighted by Gasteiger charge is -2.11. The number of aliphatic carboxylic acids is 1. The quantitative estimate of drug-likeness (QED) is 0.274. The van der Waals surface area contributed by atoms with Crippen molar-refractivity contribution < 1.29 is 19.4 Å². The van der Waals surface area contributed by atoms with Gasteiger partial charge >= 0.3 is 23.3 Å². The molecule has 0 aliphatic carbocycles. The maximum Gasteiger partial charge on any atom is 0.329 e. The van der Waals surface area contributed by atoms with Crippen LogP contribution < -0.4 is 22.5 Å². The molecule has 0 amide bonds. The minimum atomic E-state index is -1.09. The molecule has 0 fully saturated rings. The van der Waals surface area contributed by atoms with Crippen LogP contribution in [0.2, 0.25) is 0 Å². The number of nitrogens with zero attached hydrogens (tertiary/aromatic N) is 6. The molecular weight excluding hydrogens is 468 g/mol. The van der Waals surface area contributed by atoms with Crippen LogP contribution in [0.25, 0.3) is 22.3 Å². The summed E-state index contributed by atoms with van der Waals surface area (Å²) in [6.45, 7) is 3.01. The van der Waals surface area contributed by atoms with Crippen LogP contribution in [-0.2, 0) is 28.4 Å². The molecule has 16 heteroatoms. The van der Waals surface area contributed by atoms with Crippen LogP contribution in [0.5, 0.6) is 0 Å². The topological polar surface area (TPSA) is 209 Å². The number of hydrogen-bond donors (Lipinski definition) is 3. The van der Waals surface area contributed by atoms with Crippen LogP contribution in [0.4, 0.5) is 0 Å². The number of hydrogen-bond acceptors (Lipinski definition) is 9. The molecule has 0 aromatic carbocycles. The molecule has 0 spiro atoms. The molecule has 3 N–H and O–H groups in total. The number of imidazole rings is 2. The maximum absolute atomic E-state index is 12.0. The largest absolute Gasteiger partial charge is 0.480 e. The lowest BCUT2D eigenvalue weighted by molar-refractivity contribution is -0.144. The molecule has 4 aromatic rings. The van der Waals surface area contributed by atoms with Crippen LogP contribution in [0.3, 0.4) is 0 Å². The number of carbonyl (C=O) groups is 2. The van der Waals surface area contributed by atoms with Crippen molar-refractivity contribution >= 4 is 34.3 Å². The Morgan fingerprint density at radius 3 is 1.63 bits per heavy atom. The summed E-state index contributed by atoms with van der Waals surface area (Å²) in [7, 11) is 3.92. The monoisotopic (exact) mass is 490 g/mol. The molecule has 4 heterocycles. The smallest absolute Gasteiger partial charge is 0.329 e. The van der Waals surface area contributed by atoms with Crippen molar-refractivity contribution in [3.05, 3.63) is 54.3 Å². The van der Waals surface area contributed by atoms with Crippen LogP contribution in [-0.4, -0.2) is 62.4 Å². The zero-order chi connectivity index (χ0) is 26.2. The number of H-pyrrole nitrogens is 2. The summed E-state index contributed by atoms with van der Waals surface area (Å²) in [6, 6.07) is -1.63. The first-order valence-corrected chi connectivity index (χ1v) is 10.0. The Morgan fingerprint density at radius 2 is 1.26 bits per heavy atom. The lowest BCUT2D eigenvalue weighted by atomic mass is 10.3. The Balaban J connectivity index is 0.000000196. The molecule has 16 nitrogen and oxygen atoms in total. The highest BCUT2D eigenvalue weighted by Gasteiger charge is 2.21. The Kier molecular flexibility index (Phi) is 6.57. The molecule has 4 aromatic heterocycles. The highest BCUT2D eigenvalue weighted by molar-refractivity contribution is 5.78. The zero-order valence-corrected chi connectivity index (χ0v) is 19.3. The molecule has 4 rings (SSSR count). The summed E-state index contributed by atoms with van der Waals surface area (Å²) in [5, 5.41) is 8.90. The normalized spacial score (nSPS) is 12.7. The first-order valence-electron chi connectivity index (χ1n) is 10.0. The van der Waals surface area contributed by atoms with Gasteiger partial charge in [-0.05, 0) is 13.8 Å². The van der Waals surface area contributed by atoms with E-state index in [1.807, 2.05) is 0 Å². The minimum Gasteiger partial charge on any atom is -0.480 e. The predicted molar refractivity (Wildman–Crippen MR) is 120 cm³/mol. The highest BCUT2D eigenvalue weighted by atomic mass is 16.5. The third-order valence-corrected chi connectivity index (χ3v) is 5.40. The Hall–Kier alpha value is -4.76. The Labute approximate surface area is 194 Å². The fourth-order valence-corrected chi connectivity index (χ4v) is 3.19. The van der Waals surface area contributed by atoms with Crippen LogP contribution in [0, 0.1) is 0 Å². The molecule has 186 valence electrons. The van der Waals surface area contributed by atoms with Gasteiger partial charge in [0.2, 0.25) is 0 Å². The number of carboxylic acids is 1. The molecule has 0 aliphatic heterocycles. The fraction of sp³-hybridized carbons (Fsp3) is 0.368. The second-order valence-electron chi connectivity index (χ2n) is 7.50. The van der Waals surface area contributed by atoms with Crippen molar-refractivity contribution in [2.45, 2.75) is 25.9 Å². The second kappa shape index (κ2) is 9.24. The van der Waals surface area contributed by atoms with E-state index in [4.69, 9.17) is 5.11 Å². The van der Waals surface area contributed by atoms with Gasteiger partial charge in [0.15, 0.2) is 22.3 Å². The minimum absolute atomic E-state index is 0.0713. The zero-order valence-electron chi connectivity index (χ0n) is 19.3. The molecule has 0 bridgehead atoms. The van der Waals surface area contributed by atoms with E-state index in [9.17, 15) is 28.8 Å². The van der Waals surface area contributed by atoms with Crippen LogP contribution in [0.15, 0.2) is 31.8 Å². The average Bonchev–Trinajstić information content (AvgIpc) is 3.44. The number of carbonyl (C=O) groups excluding carboxylic acids is 1. The van der Waals surface area contributed by atoms with Crippen molar-refractivity contribution in [3.8, 4) is 0 Å². The van der Waals surface area contributed by atoms with E-state index in [2.05, 4.69) is 24.7 Å². The molecule has 2 atom stereocenters. The molecule has 0 saturated heterocycles. The van der Waals surface area contributed by atoms with E-state index in [0.717, 1.165) is 9.13 Å². The molecule has 35 heavy (non-hydrogen) atoms. The number of aromatic amines is 2. The van der Waals surface area contributed by atoms with Gasteiger partial charge < -0.3 is 19.0 Å². The number of ether oxygens (including phenoxy) is 1. The van der Waals surface area contributed by atoms with Gasteiger partial charge in [0.1, 0.15) is 12.1 Å². The van der Waals surface area contributed by atoms with Gasteiger partial charge in [-0.1, -0.05) is 0 Å². The average molecular weight is 490 g/mol. The summed E-state index contributed by atoms with van der Waals surface area (Å²) in [6.07, 6.45) is 2.55. The number of aromatic nitrogens is 8. The molecule has 0 aliphatic rings. The Morgan fingerprint density at radius 1 is 0.857 bits per heavy atom. The molecular formula is C19H22N8O8. The SMILES string of the molecule is COC(=O)[C@H](C)n1cnc2[nH]c(=O)n(C)c(=O)c21.C[C@@H](C(=O)O)n1cnc2[nH]c(=O)n(C)c(=O)c21. The number of methoxy groups -OCH3 is 1. The van der Waals surface area contributed by atoms with Gasteiger partial charge in [0, 0.05) is 14.1 Å². The standard InChI is InChI=1S/C10H12N4O4.C9H10N4O4/c1-5(9(16)18-3)14-4-11-7-6(14)8(15)13(2)10(17)12-7;1-4(8(15)16)13-3-10-6-5(13)7(14)12(2)9(17)11-6/h4-5H,1-3H3,(H,12,17);3-4H,1-2H3,(H,11,17)(H,15,16)/t5-;4-/m00/s1. The number of carboxylic acid groups (broad SMARTS) is 1. The van der Waals surface area contributed by atoms with Gasteiger partial charge in [-0.15, -0.1) is 0 Å². The van der Waals surface area contributed by atoms with Crippen molar-refractivity contribution in [2.24, 2.45) is 14.1 Å². The van der Waals surface area contributed by atoms with E-state index in [1.165, 1.54) is 49.9 Å². The van der Waals surface area contributed by atoms with Crippen LogP contribution >= 0.6 is 0 Å². The third-order valence-electron chi connectivity index (χ3n) is 5.40. The van der Waals surface area contributed by atoms with E-state index in [-0.39, 0.29) is 22.3 Å². The number of nitrogens with one attached hydrogen (secondary N) is 2. The number of esters is 1. The predicted octanol–water partition coefficient (Wildman–Crippen LogP) is -1.77. The lowest BCUT2D eigenvalue weighted by Crippen LogP contribution is -2.34. The van der Waals surface area contributed by atoms with Crippen molar-refractivity contribution in [2.75, 3.05) is 7.11 Å². The van der Waals surface area contributed by atoms with Crippen molar-refractivity contribution in [1.29, 1.82) is 0 Å². The summed E-state index contributed by atoms with van der Waals surface area (Å²) < 4.78 is 8.99. The second-order valence-corrected chi connectivity index (χ2v) is 7.50. The van der Waals surface area contributed by atoms with Gasteiger partial charge in [-0.3, -0.25) is 28.7 Å². The van der Waals surface area contributed by atoms with Gasteiger partial charge in [-0.2, -0.15) is 0 Å². The van der Waals surface area contributed by atoms with Gasteiger partial charge in [0.05, 0.1) is 19.8 Å². The van der Waals surface area contributed by atoms with E-state index < -0.39 is 46.5 Å². The van der Waals surface area contributed by atoms with E-state index in [1.54, 1.807) is 6.92 Å². The highest BCUT2D eigenvalue weighted by Crippen LogP contribution is 2.13. The first kappa shape index (κ1) is 24.9. The maximum atomic E-state index is 12.0. The van der Waals surface area contributed by atoms with Crippen molar-refractivity contribution in [1.82, 2.24) is 38.2 Å². The third kappa shape index (κ3) is 4.28. The van der Waals surface area contributed by atoms with Gasteiger partial charge in [0.25, 0.3) is 11.1 Å². The van der Waals surface area contributed by atoms with E-state index >= 15 is 0 Å². The first-order chi connectivity index (χ1) is 16.4. The van der Waals surface area contributed by atoms with E-state index in [0.29, 0.717) is 0 Å². The fourth-order valence-electron chi connectivity index (χ4n) is 3.19. The molecule has 0 unspecified atom stereocenters. The van der Waals surface area contributed by atoms with Crippen LogP contribution in [0.1, 0.15) is 25.9 Å². The summed E-state index contributed by atoms with van der Waals surface area (Å²) in [4.78, 5) is 81.4.